The molecule has 0 spiro atoms. The van der Waals surface area contributed by atoms with Crippen molar-refractivity contribution in [2.75, 3.05) is 28.9 Å². The lowest BCUT2D eigenvalue weighted by atomic mass is 10.1. The molecule has 32 heavy (non-hydrogen) atoms. The van der Waals surface area contributed by atoms with E-state index in [1.165, 1.54) is 6.33 Å². The fourth-order valence-corrected chi connectivity index (χ4v) is 3.74. The number of aryl methyl sites for hydroxylation is 1. The highest BCUT2D eigenvalue weighted by atomic mass is 16.7. The molecule has 3 aromatic rings. The number of hydrogen-bond acceptors (Lipinski definition) is 7. The van der Waals surface area contributed by atoms with Gasteiger partial charge in [0.2, 0.25) is 18.6 Å². The molecule has 1 aromatic heterocycles. The van der Waals surface area contributed by atoms with Gasteiger partial charge in [-0.25, -0.2) is 9.97 Å². The third kappa shape index (κ3) is 4.04. The largest absolute Gasteiger partial charge is 0.454 e. The molecule has 162 valence electrons. The Labute approximate surface area is 184 Å². The van der Waals surface area contributed by atoms with Crippen molar-refractivity contribution in [2.24, 2.45) is 5.92 Å². The smallest absolute Gasteiger partial charge is 0.231 e. The van der Waals surface area contributed by atoms with Gasteiger partial charge >= 0.3 is 0 Å². The number of carbonyl (C=O) groups excluding carboxylic acids is 2. The minimum Gasteiger partial charge on any atom is -0.454 e. The van der Waals surface area contributed by atoms with Gasteiger partial charge in [-0.05, 0) is 43.3 Å². The highest BCUT2D eigenvalue weighted by Gasteiger charge is 2.35. The van der Waals surface area contributed by atoms with Crippen molar-refractivity contribution in [1.82, 2.24) is 9.97 Å². The zero-order valence-corrected chi connectivity index (χ0v) is 17.4. The zero-order valence-electron chi connectivity index (χ0n) is 17.4. The maximum atomic E-state index is 12.8. The summed E-state index contributed by atoms with van der Waals surface area (Å²) in [6.07, 6.45) is 1.66. The predicted octanol–water partition coefficient (Wildman–Crippen LogP) is 3.25. The summed E-state index contributed by atoms with van der Waals surface area (Å²) < 4.78 is 10.7. The van der Waals surface area contributed by atoms with E-state index in [0.717, 1.165) is 11.4 Å². The van der Waals surface area contributed by atoms with Crippen LogP contribution in [0, 0.1) is 12.8 Å². The van der Waals surface area contributed by atoms with Gasteiger partial charge in [0.25, 0.3) is 0 Å². The molecule has 2 aliphatic heterocycles. The monoisotopic (exact) mass is 431 g/mol. The first-order valence-corrected chi connectivity index (χ1v) is 10.2. The van der Waals surface area contributed by atoms with Gasteiger partial charge in [-0.3, -0.25) is 9.59 Å². The summed E-state index contributed by atoms with van der Waals surface area (Å²) in [4.78, 5) is 35.2. The van der Waals surface area contributed by atoms with E-state index in [9.17, 15) is 9.59 Å². The van der Waals surface area contributed by atoms with E-state index >= 15 is 0 Å². The Morgan fingerprint density at radius 3 is 2.62 bits per heavy atom. The second kappa shape index (κ2) is 8.18. The van der Waals surface area contributed by atoms with E-state index in [1.807, 2.05) is 25.1 Å². The average molecular weight is 431 g/mol. The Morgan fingerprint density at radius 2 is 1.81 bits per heavy atom. The summed E-state index contributed by atoms with van der Waals surface area (Å²) >= 11 is 0. The fraction of sp³-hybridized carbons (Fsp3) is 0.217. The zero-order chi connectivity index (χ0) is 22.1. The molecule has 5 rings (SSSR count). The van der Waals surface area contributed by atoms with Crippen molar-refractivity contribution in [3.63, 3.8) is 0 Å². The Bertz CT molecular complexity index is 1180. The van der Waals surface area contributed by atoms with Gasteiger partial charge in [-0.15, -0.1) is 0 Å². The van der Waals surface area contributed by atoms with Gasteiger partial charge in [0.1, 0.15) is 12.1 Å². The summed E-state index contributed by atoms with van der Waals surface area (Å²) in [5.74, 6) is 1.24. The third-order valence-corrected chi connectivity index (χ3v) is 5.39. The SMILES string of the molecule is Cc1cc(Nc2ccc(NC(=O)C3CC(=O)N(c4ccc5c(c4)OCO5)C3)cc2)ncn1. The van der Waals surface area contributed by atoms with Crippen molar-refractivity contribution >= 4 is 34.7 Å². The van der Waals surface area contributed by atoms with Gasteiger partial charge in [-0.2, -0.15) is 0 Å². The number of nitrogens with one attached hydrogen (secondary N) is 2. The molecule has 0 saturated carbocycles. The van der Waals surface area contributed by atoms with Crippen molar-refractivity contribution in [2.45, 2.75) is 13.3 Å². The van der Waals surface area contributed by atoms with Crippen LogP contribution >= 0.6 is 0 Å². The molecule has 2 amide bonds. The summed E-state index contributed by atoms with van der Waals surface area (Å²) in [7, 11) is 0. The molecular formula is C23H21N5O4. The lowest BCUT2D eigenvalue weighted by Gasteiger charge is -2.17. The Hall–Kier alpha value is -4.14. The summed E-state index contributed by atoms with van der Waals surface area (Å²) in [6, 6.07) is 14.5. The minimum absolute atomic E-state index is 0.0938. The van der Waals surface area contributed by atoms with Crippen molar-refractivity contribution < 1.29 is 19.1 Å². The van der Waals surface area contributed by atoms with Crippen LogP contribution in [0.2, 0.25) is 0 Å². The topological polar surface area (TPSA) is 106 Å². The quantitative estimate of drug-likeness (QED) is 0.639. The number of rotatable bonds is 5. The number of fused-ring (bicyclic) bond motifs is 1. The van der Waals surface area contributed by atoms with E-state index in [-0.39, 0.29) is 25.0 Å². The maximum absolute atomic E-state index is 12.8. The van der Waals surface area contributed by atoms with Crippen LogP contribution in [-0.2, 0) is 9.59 Å². The molecule has 1 unspecified atom stereocenters. The lowest BCUT2D eigenvalue weighted by Crippen LogP contribution is -2.28. The average Bonchev–Trinajstić information content (AvgIpc) is 3.41. The normalized spacial score (nSPS) is 16.8. The first kappa shape index (κ1) is 19.8. The molecule has 0 aliphatic carbocycles. The second-order valence-electron chi connectivity index (χ2n) is 7.68. The number of aromatic nitrogens is 2. The van der Waals surface area contributed by atoms with Crippen LogP contribution in [0.4, 0.5) is 22.9 Å². The summed E-state index contributed by atoms with van der Waals surface area (Å²) in [5.41, 5.74) is 3.07. The molecule has 0 bridgehead atoms. The van der Waals surface area contributed by atoms with E-state index < -0.39 is 5.92 Å². The summed E-state index contributed by atoms with van der Waals surface area (Å²) in [5, 5.41) is 6.10. The number of nitrogens with zero attached hydrogens (tertiary/aromatic N) is 3. The van der Waals surface area contributed by atoms with Gasteiger partial charge in [-0.1, -0.05) is 0 Å². The number of anilines is 4. The van der Waals surface area contributed by atoms with Crippen molar-refractivity contribution in [3.8, 4) is 11.5 Å². The van der Waals surface area contributed by atoms with Crippen LogP contribution < -0.4 is 25.0 Å². The predicted molar refractivity (Wildman–Crippen MR) is 118 cm³/mol. The van der Waals surface area contributed by atoms with Crippen LogP contribution in [0.5, 0.6) is 11.5 Å². The number of benzene rings is 2. The Balaban J connectivity index is 1.21. The Morgan fingerprint density at radius 1 is 1.03 bits per heavy atom. The van der Waals surface area contributed by atoms with E-state index in [4.69, 9.17) is 9.47 Å². The van der Waals surface area contributed by atoms with Crippen LogP contribution in [0.1, 0.15) is 12.1 Å². The first-order chi connectivity index (χ1) is 15.5. The molecule has 2 aliphatic rings. The molecule has 3 heterocycles. The minimum atomic E-state index is -0.435. The number of hydrogen-bond donors (Lipinski definition) is 2. The van der Waals surface area contributed by atoms with E-state index in [0.29, 0.717) is 35.2 Å². The molecule has 0 radical (unpaired) electrons. The highest BCUT2D eigenvalue weighted by Crippen LogP contribution is 2.37. The fourth-order valence-electron chi connectivity index (χ4n) is 3.74. The number of carbonyl (C=O) groups is 2. The molecule has 1 fully saturated rings. The molecule has 1 atom stereocenters. The van der Waals surface area contributed by atoms with E-state index in [1.54, 1.807) is 35.2 Å². The van der Waals surface area contributed by atoms with Crippen LogP contribution in [0.3, 0.4) is 0 Å². The molecular weight excluding hydrogens is 410 g/mol. The number of ether oxygens (including phenoxy) is 2. The molecule has 9 heteroatoms. The first-order valence-electron chi connectivity index (χ1n) is 10.2. The summed E-state index contributed by atoms with van der Waals surface area (Å²) in [6.45, 7) is 2.38. The standard InChI is InChI=1S/C23H21N5O4/c1-14-8-21(25-12-24-14)26-16-2-4-17(5-3-16)27-23(30)15-9-22(29)28(11-15)18-6-7-19-20(10-18)32-13-31-19/h2-8,10,12,15H,9,11,13H2,1H3,(H,27,30)(H,24,25,26). The highest BCUT2D eigenvalue weighted by molar-refractivity contribution is 6.03. The van der Waals surface area contributed by atoms with Gasteiger partial charge in [0, 0.05) is 47.9 Å². The van der Waals surface area contributed by atoms with Crippen LogP contribution in [-0.4, -0.2) is 35.1 Å². The number of amides is 2. The van der Waals surface area contributed by atoms with Crippen LogP contribution in [0.15, 0.2) is 54.9 Å². The van der Waals surface area contributed by atoms with Crippen molar-refractivity contribution in [1.29, 1.82) is 0 Å². The third-order valence-electron chi connectivity index (χ3n) is 5.39. The van der Waals surface area contributed by atoms with Gasteiger partial charge in [0.05, 0.1) is 5.92 Å². The molecule has 9 nitrogen and oxygen atoms in total. The lowest BCUT2D eigenvalue weighted by molar-refractivity contribution is -0.122. The molecule has 2 N–H and O–H groups in total. The van der Waals surface area contributed by atoms with Gasteiger partial charge in [0.15, 0.2) is 11.5 Å². The second-order valence-corrected chi connectivity index (χ2v) is 7.68. The van der Waals surface area contributed by atoms with Gasteiger partial charge < -0.3 is 25.0 Å². The van der Waals surface area contributed by atoms with E-state index in [2.05, 4.69) is 20.6 Å². The molecule has 2 aromatic carbocycles. The maximum Gasteiger partial charge on any atom is 0.231 e. The molecule has 1 saturated heterocycles. The van der Waals surface area contributed by atoms with Crippen LogP contribution in [0.25, 0.3) is 0 Å². The Kier molecular flexibility index (Phi) is 5.06. The van der Waals surface area contributed by atoms with Crippen molar-refractivity contribution in [3.05, 3.63) is 60.6 Å².